The third kappa shape index (κ3) is 2.59. The van der Waals surface area contributed by atoms with E-state index in [1.165, 1.54) is 16.8 Å². The fourth-order valence-corrected chi connectivity index (χ4v) is 2.44. The molecule has 0 spiro atoms. The predicted molar refractivity (Wildman–Crippen MR) is 67.9 cm³/mol. The molecule has 1 aliphatic heterocycles. The largest absolute Gasteiger partial charge is 0.390 e. The van der Waals surface area contributed by atoms with Crippen LogP contribution in [0.25, 0.3) is 0 Å². The maximum atomic E-state index is 11.5. The van der Waals surface area contributed by atoms with Crippen molar-refractivity contribution in [1.29, 1.82) is 0 Å². The number of alkyl halides is 1. The highest BCUT2D eigenvalue weighted by Crippen LogP contribution is 2.30. The highest BCUT2D eigenvalue weighted by Gasteiger charge is 2.38. The molecule has 1 aromatic rings. The summed E-state index contributed by atoms with van der Waals surface area (Å²) < 4.78 is 6.38. The monoisotopic (exact) mass is 353 g/mol. The molecule has 1 aliphatic rings. The van der Waals surface area contributed by atoms with Crippen LogP contribution in [0.15, 0.2) is 21.9 Å². The van der Waals surface area contributed by atoms with Gasteiger partial charge in [0.1, 0.15) is 12.3 Å². The van der Waals surface area contributed by atoms with Gasteiger partial charge in [-0.25, -0.2) is 4.79 Å². The first kappa shape index (κ1) is 12.7. The zero-order valence-electron chi connectivity index (χ0n) is 8.75. The molecule has 2 rings (SSSR count). The summed E-state index contributed by atoms with van der Waals surface area (Å²) in [6, 6.07) is 1.23. The Morgan fingerprint density at radius 1 is 1.65 bits per heavy atom. The molecule has 0 amide bonds. The summed E-state index contributed by atoms with van der Waals surface area (Å²) in [4.78, 5) is 24.6. The lowest BCUT2D eigenvalue weighted by Gasteiger charge is -2.17. The third-order valence-corrected chi connectivity index (χ3v) is 3.32. The summed E-state index contributed by atoms with van der Waals surface area (Å²) in [5.41, 5.74) is 4.62. The third-order valence-electron chi connectivity index (χ3n) is 2.61. The number of nitrogens with zero attached hydrogens (tertiary/aromatic N) is 1. The van der Waals surface area contributed by atoms with Gasteiger partial charge >= 0.3 is 5.69 Å². The molecule has 17 heavy (non-hydrogen) atoms. The van der Waals surface area contributed by atoms with Crippen LogP contribution in [-0.4, -0.2) is 30.9 Å². The van der Waals surface area contributed by atoms with Crippen molar-refractivity contribution < 1.29 is 9.84 Å². The Morgan fingerprint density at radius 3 is 2.88 bits per heavy atom. The molecule has 0 aliphatic carbocycles. The van der Waals surface area contributed by atoms with E-state index in [1.807, 2.05) is 22.6 Å². The van der Waals surface area contributed by atoms with Crippen molar-refractivity contribution in [1.82, 2.24) is 9.55 Å². The molecule has 2 heterocycles. The maximum absolute atomic E-state index is 11.5. The van der Waals surface area contributed by atoms with Crippen LogP contribution in [-0.2, 0) is 4.74 Å². The number of nitrogens with one attached hydrogen (secondary N) is 1. The average molecular weight is 353 g/mol. The van der Waals surface area contributed by atoms with E-state index in [0.29, 0.717) is 0 Å². The van der Waals surface area contributed by atoms with E-state index in [4.69, 9.17) is 10.5 Å². The fourth-order valence-electron chi connectivity index (χ4n) is 1.79. The quantitative estimate of drug-likeness (QED) is 0.355. The molecule has 4 atom stereocenters. The topological polar surface area (TPSA) is 110 Å². The van der Waals surface area contributed by atoms with E-state index < -0.39 is 29.7 Å². The Kier molecular flexibility index (Phi) is 3.66. The summed E-state index contributed by atoms with van der Waals surface area (Å²) in [5.74, 6) is 0. The minimum Gasteiger partial charge on any atom is -0.390 e. The van der Waals surface area contributed by atoms with Gasteiger partial charge in [0.2, 0.25) is 0 Å². The first-order valence-corrected chi connectivity index (χ1v) is 6.28. The molecule has 8 heteroatoms. The van der Waals surface area contributed by atoms with E-state index in [0.717, 1.165) is 0 Å². The lowest BCUT2D eigenvalue weighted by Crippen LogP contribution is -2.36. The number of aliphatic hydroxyl groups is 1. The van der Waals surface area contributed by atoms with Crippen LogP contribution in [0.5, 0.6) is 0 Å². The van der Waals surface area contributed by atoms with E-state index in [-0.39, 0.29) is 10.5 Å². The van der Waals surface area contributed by atoms with Crippen molar-refractivity contribution in [3.63, 3.8) is 0 Å². The second-order valence-electron chi connectivity index (χ2n) is 3.82. The number of H-pyrrole nitrogens is 1. The highest BCUT2D eigenvalue weighted by molar-refractivity contribution is 14.1. The molecule has 2 unspecified atom stereocenters. The SMILES string of the molecule is NC(I)[C@@H]1O[C@H](n2ccc(=O)[nH]c2=O)CC1O. The van der Waals surface area contributed by atoms with E-state index in [1.54, 1.807) is 0 Å². The van der Waals surface area contributed by atoms with Crippen molar-refractivity contribution in [2.75, 3.05) is 0 Å². The van der Waals surface area contributed by atoms with Crippen LogP contribution in [0.2, 0.25) is 0 Å². The Balaban J connectivity index is 2.26. The Hall–Kier alpha value is -0.710. The lowest BCUT2D eigenvalue weighted by atomic mass is 10.2. The van der Waals surface area contributed by atoms with Crippen molar-refractivity contribution in [2.45, 2.75) is 28.9 Å². The zero-order valence-corrected chi connectivity index (χ0v) is 10.9. The van der Waals surface area contributed by atoms with Gasteiger partial charge in [-0.05, 0) is 0 Å². The maximum Gasteiger partial charge on any atom is 0.330 e. The molecule has 1 fully saturated rings. The summed E-state index contributed by atoms with van der Waals surface area (Å²) in [6.45, 7) is 0. The second-order valence-corrected chi connectivity index (χ2v) is 5.26. The van der Waals surface area contributed by atoms with Crippen LogP contribution in [0, 0.1) is 0 Å². The summed E-state index contributed by atoms with van der Waals surface area (Å²) in [6.07, 6.45) is -0.210. The van der Waals surface area contributed by atoms with Crippen molar-refractivity contribution in [3.8, 4) is 0 Å². The minimum absolute atomic E-state index is 0.271. The van der Waals surface area contributed by atoms with Crippen molar-refractivity contribution in [2.24, 2.45) is 5.73 Å². The molecule has 1 aromatic heterocycles. The first-order valence-electron chi connectivity index (χ1n) is 5.03. The minimum atomic E-state index is -0.717. The molecule has 4 N–H and O–H groups in total. The van der Waals surface area contributed by atoms with Crippen LogP contribution in [0.1, 0.15) is 12.6 Å². The fraction of sp³-hybridized carbons (Fsp3) is 0.556. The predicted octanol–water partition coefficient (Wildman–Crippen LogP) is -1.10. The number of rotatable bonds is 2. The number of ether oxygens (including phenoxy) is 1. The second kappa shape index (κ2) is 4.88. The van der Waals surface area contributed by atoms with Crippen molar-refractivity contribution in [3.05, 3.63) is 33.1 Å². The molecular formula is C9H12IN3O4. The van der Waals surface area contributed by atoms with Gasteiger partial charge in [0.15, 0.2) is 0 Å². The molecule has 0 saturated carbocycles. The summed E-state index contributed by atoms with van der Waals surface area (Å²) >= 11 is 1.95. The van der Waals surface area contributed by atoms with Gasteiger partial charge in [-0.2, -0.15) is 0 Å². The lowest BCUT2D eigenvalue weighted by molar-refractivity contribution is -0.0179. The molecule has 0 aromatic carbocycles. The molecule has 0 radical (unpaired) electrons. The van der Waals surface area contributed by atoms with Crippen LogP contribution in [0.4, 0.5) is 0 Å². The number of aliphatic hydroxyl groups excluding tert-OH is 1. The van der Waals surface area contributed by atoms with Crippen LogP contribution < -0.4 is 17.0 Å². The summed E-state index contributed by atoms with van der Waals surface area (Å²) in [5, 5.41) is 9.74. The number of aromatic amines is 1. The Bertz CT molecular complexity index is 511. The van der Waals surface area contributed by atoms with Gasteiger partial charge in [-0.3, -0.25) is 14.3 Å². The molecule has 1 saturated heterocycles. The van der Waals surface area contributed by atoms with Gasteiger partial charge in [0, 0.05) is 18.7 Å². The smallest absolute Gasteiger partial charge is 0.330 e. The van der Waals surface area contributed by atoms with Crippen molar-refractivity contribution >= 4 is 22.6 Å². The molecule has 0 bridgehead atoms. The first-order chi connectivity index (χ1) is 7.99. The molecular weight excluding hydrogens is 341 g/mol. The number of hydrogen-bond donors (Lipinski definition) is 3. The molecule has 7 nitrogen and oxygen atoms in total. The Labute approximate surface area is 110 Å². The van der Waals surface area contributed by atoms with Crippen LogP contribution >= 0.6 is 22.6 Å². The van der Waals surface area contributed by atoms with Gasteiger partial charge in [-0.15, -0.1) is 0 Å². The van der Waals surface area contributed by atoms with E-state index >= 15 is 0 Å². The van der Waals surface area contributed by atoms with Crippen LogP contribution in [0.3, 0.4) is 0 Å². The standard InChI is InChI=1S/C9H12IN3O4/c10-8(11)7-4(14)3-6(17-7)13-2-1-5(15)12-9(13)16/h1-2,4,6-8,14H,3,11H2,(H,12,15,16)/t4?,6-,7+,8?/m0/s1. The van der Waals surface area contributed by atoms with E-state index in [9.17, 15) is 14.7 Å². The van der Waals surface area contributed by atoms with Gasteiger partial charge in [0.05, 0.1) is 10.2 Å². The summed E-state index contributed by atoms with van der Waals surface area (Å²) in [7, 11) is 0. The zero-order chi connectivity index (χ0) is 12.6. The Morgan fingerprint density at radius 2 is 2.35 bits per heavy atom. The number of hydrogen-bond acceptors (Lipinski definition) is 5. The van der Waals surface area contributed by atoms with E-state index in [2.05, 4.69) is 4.98 Å². The number of halogens is 1. The van der Waals surface area contributed by atoms with Gasteiger partial charge < -0.3 is 15.6 Å². The number of aromatic nitrogens is 2. The van der Waals surface area contributed by atoms with Gasteiger partial charge in [-0.1, -0.05) is 22.6 Å². The normalized spacial score (nSPS) is 30.4. The number of nitrogens with two attached hydrogens (primary N) is 1. The molecule has 94 valence electrons. The van der Waals surface area contributed by atoms with Gasteiger partial charge in [0.25, 0.3) is 5.56 Å². The highest BCUT2D eigenvalue weighted by atomic mass is 127. The average Bonchev–Trinajstić information content (AvgIpc) is 2.60.